The average Bonchev–Trinajstić information content (AvgIpc) is 2.93. The first-order valence-corrected chi connectivity index (χ1v) is 7.57. The van der Waals surface area contributed by atoms with Crippen LogP contribution in [0.2, 0.25) is 0 Å². The highest BCUT2D eigenvalue weighted by Gasteiger charge is 2.62. The number of hydrazone groups is 1. The molecule has 0 radical (unpaired) electrons. The average molecular weight is 367 g/mol. The van der Waals surface area contributed by atoms with Gasteiger partial charge in [-0.2, -0.15) is 23.3 Å². The van der Waals surface area contributed by atoms with Gasteiger partial charge in [0.1, 0.15) is 5.75 Å². The van der Waals surface area contributed by atoms with Crippen molar-refractivity contribution < 1.29 is 23.0 Å². The number of para-hydroxylation sites is 1. The molecule has 1 aromatic heterocycles. The monoisotopic (exact) mass is 367 g/mol. The van der Waals surface area contributed by atoms with Crippen molar-refractivity contribution in [3.63, 3.8) is 0 Å². The number of halogens is 3. The molecular weight excluding hydrogens is 351 g/mol. The highest BCUT2D eigenvalue weighted by Crippen LogP contribution is 2.44. The number of hydrogen-bond donors (Lipinski definition) is 2. The van der Waals surface area contributed by atoms with Gasteiger partial charge in [-0.25, -0.2) is 9.99 Å². The zero-order valence-corrected chi connectivity index (χ0v) is 13.9. The highest BCUT2D eigenvalue weighted by molar-refractivity contribution is 6.05. The van der Waals surface area contributed by atoms with Crippen LogP contribution in [0.5, 0.6) is 5.75 Å². The maximum atomic E-state index is 13.7. The molecule has 7 nitrogen and oxygen atoms in total. The molecule has 2 aromatic rings. The minimum absolute atomic E-state index is 0.0112. The number of aliphatic hydroxyl groups is 1. The number of aryl methyl sites for hydroxylation is 1. The second-order valence-corrected chi connectivity index (χ2v) is 5.78. The molecule has 0 saturated carbocycles. The number of hydrogen-bond acceptors (Lipinski definition) is 7. The fourth-order valence-corrected chi connectivity index (χ4v) is 2.72. The largest absolute Gasteiger partial charge is 0.496 e. The van der Waals surface area contributed by atoms with Crippen LogP contribution >= 0.6 is 0 Å². The zero-order chi connectivity index (χ0) is 19.1. The molecule has 0 amide bonds. The molecule has 2 heterocycles. The van der Waals surface area contributed by atoms with E-state index in [1.807, 2.05) is 0 Å². The predicted octanol–water partition coefficient (Wildman–Crippen LogP) is 2.24. The molecule has 10 heteroatoms. The Labute approximate surface area is 146 Å². The first-order valence-electron chi connectivity index (χ1n) is 7.57. The Balaban J connectivity index is 2.15. The zero-order valence-electron chi connectivity index (χ0n) is 13.9. The molecule has 0 fully saturated rings. The fourth-order valence-electron chi connectivity index (χ4n) is 2.72. The third-order valence-corrected chi connectivity index (χ3v) is 3.93. The van der Waals surface area contributed by atoms with E-state index in [4.69, 9.17) is 10.5 Å². The van der Waals surface area contributed by atoms with Crippen molar-refractivity contribution in [1.29, 1.82) is 0 Å². The van der Waals surface area contributed by atoms with Crippen molar-refractivity contribution >= 4 is 17.5 Å². The summed E-state index contributed by atoms with van der Waals surface area (Å²) in [5.74, 6) is -0.124. The molecule has 3 N–H and O–H groups in total. The third kappa shape index (κ3) is 2.92. The maximum Gasteiger partial charge on any atom is 0.438 e. The second-order valence-electron chi connectivity index (χ2n) is 5.78. The lowest BCUT2D eigenvalue weighted by atomic mass is 10.00. The topological polar surface area (TPSA) is 96.9 Å². The SMILES string of the molecule is COc1ccccc1C1=NN(c2cc(C)nc(N)n2)[C@@](O)(C(F)(F)F)C1. The van der Waals surface area contributed by atoms with Crippen molar-refractivity contribution in [2.75, 3.05) is 17.9 Å². The summed E-state index contributed by atoms with van der Waals surface area (Å²) in [7, 11) is 1.40. The van der Waals surface area contributed by atoms with Crippen LogP contribution in [0.3, 0.4) is 0 Å². The summed E-state index contributed by atoms with van der Waals surface area (Å²) in [6, 6.07) is 7.75. The van der Waals surface area contributed by atoms with Gasteiger partial charge in [0.05, 0.1) is 19.2 Å². The number of anilines is 2. The van der Waals surface area contributed by atoms with Crippen molar-refractivity contribution in [2.24, 2.45) is 5.10 Å². The normalized spacial score (nSPS) is 20.2. The van der Waals surface area contributed by atoms with Crippen LogP contribution in [-0.4, -0.2) is 39.8 Å². The van der Waals surface area contributed by atoms with E-state index in [1.54, 1.807) is 31.2 Å². The summed E-state index contributed by atoms with van der Waals surface area (Å²) in [6.07, 6.45) is -5.78. The lowest BCUT2D eigenvalue weighted by Crippen LogP contribution is -2.55. The Morgan fingerprint density at radius 1 is 1.27 bits per heavy atom. The molecule has 1 atom stereocenters. The van der Waals surface area contributed by atoms with Gasteiger partial charge >= 0.3 is 6.18 Å². The fraction of sp³-hybridized carbons (Fsp3) is 0.312. The summed E-state index contributed by atoms with van der Waals surface area (Å²) in [6.45, 7) is 1.55. The molecule has 0 saturated heterocycles. The molecule has 0 bridgehead atoms. The molecule has 0 aliphatic carbocycles. The van der Waals surface area contributed by atoms with Gasteiger partial charge in [-0.3, -0.25) is 0 Å². The van der Waals surface area contributed by atoms with E-state index in [1.165, 1.54) is 13.2 Å². The number of rotatable bonds is 3. The van der Waals surface area contributed by atoms with Gasteiger partial charge in [0, 0.05) is 17.3 Å². The number of nitrogen functional groups attached to an aromatic ring is 1. The number of benzene rings is 1. The van der Waals surface area contributed by atoms with Crippen LogP contribution in [0.1, 0.15) is 17.7 Å². The standard InChI is InChI=1S/C16H16F3N5O2/c1-9-7-13(22-14(20)21-9)24-15(25,16(17,18)19)8-11(23-24)10-5-3-4-6-12(10)26-2/h3-7,25H,8H2,1-2H3,(H2,20,21,22)/t15-/m0/s1. The number of ether oxygens (including phenoxy) is 1. The van der Waals surface area contributed by atoms with E-state index in [0.717, 1.165) is 0 Å². The first kappa shape index (κ1) is 17.9. The number of nitrogens with two attached hydrogens (primary N) is 1. The molecular formula is C16H16F3N5O2. The van der Waals surface area contributed by atoms with Crippen molar-refractivity contribution in [1.82, 2.24) is 9.97 Å². The van der Waals surface area contributed by atoms with Crippen molar-refractivity contribution in [3.8, 4) is 5.75 Å². The lowest BCUT2D eigenvalue weighted by molar-refractivity contribution is -0.254. The van der Waals surface area contributed by atoms with Gasteiger partial charge in [-0.15, -0.1) is 0 Å². The Kier molecular flexibility index (Phi) is 4.23. The molecule has 1 aromatic carbocycles. The van der Waals surface area contributed by atoms with Gasteiger partial charge in [0.25, 0.3) is 5.72 Å². The van der Waals surface area contributed by atoms with Gasteiger partial charge in [-0.1, -0.05) is 12.1 Å². The van der Waals surface area contributed by atoms with Gasteiger partial charge in [-0.05, 0) is 19.1 Å². The Hall–Kier alpha value is -2.88. The molecule has 3 rings (SSSR count). The van der Waals surface area contributed by atoms with E-state index in [-0.39, 0.29) is 17.5 Å². The quantitative estimate of drug-likeness (QED) is 0.864. The van der Waals surface area contributed by atoms with Crippen LogP contribution in [-0.2, 0) is 0 Å². The molecule has 0 spiro atoms. The van der Waals surface area contributed by atoms with Gasteiger partial charge in [0.2, 0.25) is 5.95 Å². The van der Waals surface area contributed by atoms with Gasteiger partial charge in [0.15, 0.2) is 5.82 Å². The molecule has 0 unspecified atom stereocenters. The van der Waals surface area contributed by atoms with E-state index in [0.29, 0.717) is 22.0 Å². The molecule has 1 aliphatic heterocycles. The first-order chi connectivity index (χ1) is 12.2. The minimum atomic E-state index is -4.99. The minimum Gasteiger partial charge on any atom is -0.496 e. The lowest BCUT2D eigenvalue weighted by Gasteiger charge is -2.33. The summed E-state index contributed by atoms with van der Waals surface area (Å²) < 4.78 is 46.2. The van der Waals surface area contributed by atoms with E-state index < -0.39 is 18.3 Å². The number of aromatic nitrogens is 2. The van der Waals surface area contributed by atoms with E-state index in [2.05, 4.69) is 15.1 Å². The number of methoxy groups -OCH3 is 1. The van der Waals surface area contributed by atoms with Crippen LogP contribution in [0.4, 0.5) is 24.9 Å². The summed E-state index contributed by atoms with van der Waals surface area (Å²) in [4.78, 5) is 7.62. The highest BCUT2D eigenvalue weighted by atomic mass is 19.4. The number of alkyl halides is 3. The van der Waals surface area contributed by atoms with Crippen LogP contribution in [0.15, 0.2) is 35.4 Å². The summed E-state index contributed by atoms with van der Waals surface area (Å²) in [5, 5.41) is 14.9. The third-order valence-electron chi connectivity index (χ3n) is 3.93. The van der Waals surface area contributed by atoms with E-state index >= 15 is 0 Å². The Bertz CT molecular complexity index is 851. The van der Waals surface area contributed by atoms with Crippen molar-refractivity contribution in [2.45, 2.75) is 25.2 Å². The second kappa shape index (κ2) is 6.13. The van der Waals surface area contributed by atoms with Crippen molar-refractivity contribution in [3.05, 3.63) is 41.6 Å². The summed E-state index contributed by atoms with van der Waals surface area (Å²) in [5.41, 5.74) is 2.97. The smallest absolute Gasteiger partial charge is 0.438 e. The number of nitrogens with zero attached hydrogens (tertiary/aromatic N) is 4. The van der Waals surface area contributed by atoms with Crippen LogP contribution < -0.4 is 15.5 Å². The van der Waals surface area contributed by atoms with Crippen LogP contribution in [0, 0.1) is 6.92 Å². The summed E-state index contributed by atoms with van der Waals surface area (Å²) >= 11 is 0. The van der Waals surface area contributed by atoms with E-state index in [9.17, 15) is 18.3 Å². The van der Waals surface area contributed by atoms with Gasteiger partial charge < -0.3 is 15.6 Å². The Morgan fingerprint density at radius 2 is 1.96 bits per heavy atom. The molecule has 138 valence electrons. The maximum absolute atomic E-state index is 13.7. The predicted molar refractivity (Wildman–Crippen MR) is 88.8 cm³/mol. The molecule has 26 heavy (non-hydrogen) atoms. The molecule has 1 aliphatic rings. The Morgan fingerprint density at radius 3 is 2.58 bits per heavy atom. The van der Waals surface area contributed by atoms with Crippen LogP contribution in [0.25, 0.3) is 0 Å².